The van der Waals surface area contributed by atoms with Gasteiger partial charge in [-0.3, -0.25) is 4.79 Å². The van der Waals surface area contributed by atoms with E-state index in [9.17, 15) is 9.18 Å². The van der Waals surface area contributed by atoms with E-state index in [0.29, 0.717) is 18.2 Å². The van der Waals surface area contributed by atoms with E-state index in [1.165, 1.54) is 12.1 Å². The number of hydrogen-bond acceptors (Lipinski definition) is 5. The van der Waals surface area contributed by atoms with Crippen LogP contribution in [-0.4, -0.2) is 20.5 Å². The maximum atomic E-state index is 13.4. The minimum atomic E-state index is -0.421. The number of carbonyl (C=O) groups excluding carboxylic acids is 1. The number of furan rings is 1. The number of halogens is 1. The monoisotopic (exact) mass is 364 g/mol. The first-order valence-electron chi connectivity index (χ1n) is 8.83. The summed E-state index contributed by atoms with van der Waals surface area (Å²) < 4.78 is 20.7. The molecule has 0 amide bonds. The van der Waals surface area contributed by atoms with Crippen LogP contribution in [0.25, 0.3) is 0 Å². The van der Waals surface area contributed by atoms with Crippen LogP contribution in [-0.2, 0) is 4.79 Å². The van der Waals surface area contributed by atoms with Crippen molar-refractivity contribution in [2.45, 2.75) is 25.3 Å². The summed E-state index contributed by atoms with van der Waals surface area (Å²) in [5.74, 6) is 1.19. The highest BCUT2D eigenvalue weighted by Crippen LogP contribution is 2.44. The molecule has 3 heterocycles. The lowest BCUT2D eigenvalue weighted by Crippen LogP contribution is -2.40. The van der Waals surface area contributed by atoms with Crippen LogP contribution in [0.3, 0.4) is 0 Å². The smallest absolute Gasteiger partial charge is 0.226 e. The van der Waals surface area contributed by atoms with Crippen LogP contribution < -0.4 is 5.32 Å². The van der Waals surface area contributed by atoms with E-state index in [-0.39, 0.29) is 23.6 Å². The van der Waals surface area contributed by atoms with Crippen LogP contribution in [0.15, 0.2) is 58.9 Å². The van der Waals surface area contributed by atoms with E-state index in [1.54, 1.807) is 30.0 Å². The van der Waals surface area contributed by atoms with Gasteiger partial charge in [-0.15, -0.1) is 0 Å². The molecule has 2 aliphatic rings. The van der Waals surface area contributed by atoms with Gasteiger partial charge in [0.25, 0.3) is 0 Å². The zero-order valence-corrected chi connectivity index (χ0v) is 14.6. The third-order valence-corrected chi connectivity index (χ3v) is 5.18. The summed E-state index contributed by atoms with van der Waals surface area (Å²) in [6, 6.07) is 9.55. The molecule has 0 fully saturated rings. The Balaban J connectivity index is 1.65. The Morgan fingerprint density at radius 2 is 2.07 bits per heavy atom. The summed E-state index contributed by atoms with van der Waals surface area (Å²) in [5.41, 5.74) is 1.62. The van der Waals surface area contributed by atoms with Crippen molar-refractivity contribution in [2.24, 2.45) is 5.92 Å². The van der Waals surface area contributed by atoms with E-state index in [1.807, 2.05) is 18.2 Å². The van der Waals surface area contributed by atoms with Gasteiger partial charge in [0.2, 0.25) is 5.95 Å². The average Bonchev–Trinajstić information content (AvgIpc) is 3.29. The number of ketones is 1. The molecule has 0 saturated heterocycles. The molecule has 3 atom stereocenters. The van der Waals surface area contributed by atoms with Gasteiger partial charge in [-0.1, -0.05) is 18.2 Å². The summed E-state index contributed by atoms with van der Waals surface area (Å²) in [6.45, 7) is 1.81. The first-order chi connectivity index (χ1) is 13.1. The molecule has 0 spiro atoms. The Morgan fingerprint density at radius 3 is 2.81 bits per heavy atom. The van der Waals surface area contributed by atoms with Crippen molar-refractivity contribution in [3.8, 4) is 0 Å². The van der Waals surface area contributed by atoms with E-state index >= 15 is 0 Å². The van der Waals surface area contributed by atoms with Crippen LogP contribution in [0.5, 0.6) is 0 Å². The molecular formula is C20H17FN4O2. The van der Waals surface area contributed by atoms with Crippen LogP contribution in [0.2, 0.25) is 0 Å². The Hall–Kier alpha value is -3.22. The van der Waals surface area contributed by atoms with Crippen molar-refractivity contribution in [3.05, 3.63) is 77.4 Å². The predicted molar refractivity (Wildman–Crippen MR) is 95.6 cm³/mol. The average molecular weight is 364 g/mol. The topological polar surface area (TPSA) is 73.0 Å². The van der Waals surface area contributed by atoms with Gasteiger partial charge in [0, 0.05) is 18.0 Å². The second-order valence-electron chi connectivity index (χ2n) is 6.94. The SMILES string of the molecule is Cc1nc2n(n1)[C@@H](c1ccc(F)cc1)[C@@H]1C(=O)C[C@@H](c3ccco3)C=C1N2. The van der Waals surface area contributed by atoms with Gasteiger partial charge >= 0.3 is 0 Å². The number of rotatable bonds is 2. The maximum Gasteiger partial charge on any atom is 0.226 e. The molecule has 1 aliphatic heterocycles. The van der Waals surface area contributed by atoms with E-state index in [0.717, 1.165) is 17.0 Å². The van der Waals surface area contributed by atoms with Gasteiger partial charge < -0.3 is 9.73 Å². The minimum absolute atomic E-state index is 0.0922. The van der Waals surface area contributed by atoms with Crippen molar-refractivity contribution in [3.63, 3.8) is 0 Å². The third kappa shape index (κ3) is 2.58. The van der Waals surface area contributed by atoms with Crippen molar-refractivity contribution >= 4 is 11.7 Å². The zero-order chi connectivity index (χ0) is 18.5. The van der Waals surface area contributed by atoms with Crippen molar-refractivity contribution in [1.82, 2.24) is 14.8 Å². The van der Waals surface area contributed by atoms with Crippen molar-refractivity contribution in [1.29, 1.82) is 0 Å². The number of carbonyl (C=O) groups is 1. The van der Waals surface area contributed by atoms with Gasteiger partial charge in [-0.2, -0.15) is 10.1 Å². The number of nitrogens with one attached hydrogen (secondary N) is 1. The molecule has 0 radical (unpaired) electrons. The number of aryl methyl sites for hydroxylation is 1. The highest BCUT2D eigenvalue weighted by molar-refractivity contribution is 5.88. The van der Waals surface area contributed by atoms with E-state index < -0.39 is 5.92 Å². The molecule has 0 saturated carbocycles. The normalized spacial score (nSPS) is 24.0. The molecule has 3 aromatic rings. The second kappa shape index (κ2) is 5.90. The molecule has 27 heavy (non-hydrogen) atoms. The quantitative estimate of drug-likeness (QED) is 0.752. The molecule has 0 bridgehead atoms. The number of hydrogen-bond donors (Lipinski definition) is 1. The van der Waals surface area contributed by atoms with Crippen molar-refractivity contribution in [2.75, 3.05) is 5.32 Å². The molecular weight excluding hydrogens is 347 g/mol. The molecule has 6 nitrogen and oxygen atoms in total. The number of nitrogens with zero attached hydrogens (tertiary/aromatic N) is 3. The summed E-state index contributed by atoms with van der Waals surface area (Å²) >= 11 is 0. The lowest BCUT2D eigenvalue weighted by Gasteiger charge is -2.37. The first-order valence-corrected chi connectivity index (χ1v) is 8.83. The Bertz CT molecular complexity index is 1040. The van der Waals surface area contributed by atoms with Gasteiger partial charge in [0.15, 0.2) is 0 Å². The standard InChI is InChI=1S/C20H17FN4O2/c1-11-22-20-23-15-9-13(17-3-2-8-27-17)10-16(26)18(15)19(25(20)24-11)12-4-6-14(21)7-5-12/h2-9,13,18-19H,10H2,1H3,(H,22,23,24)/t13-,18-,19-/m0/s1. The van der Waals surface area contributed by atoms with Crippen molar-refractivity contribution < 1.29 is 13.6 Å². The molecule has 136 valence electrons. The number of allylic oxidation sites excluding steroid dienone is 2. The number of fused-ring (bicyclic) bond motifs is 2. The van der Waals surface area contributed by atoms with Crippen LogP contribution >= 0.6 is 0 Å². The summed E-state index contributed by atoms with van der Waals surface area (Å²) in [4.78, 5) is 17.6. The first kappa shape index (κ1) is 16.0. The highest BCUT2D eigenvalue weighted by atomic mass is 19.1. The van der Waals surface area contributed by atoms with Crippen LogP contribution in [0.4, 0.5) is 10.3 Å². The third-order valence-electron chi connectivity index (χ3n) is 5.18. The number of benzene rings is 1. The fourth-order valence-electron chi connectivity index (χ4n) is 4.02. The fourth-order valence-corrected chi connectivity index (χ4v) is 4.02. The molecule has 1 aromatic carbocycles. The number of anilines is 1. The zero-order valence-electron chi connectivity index (χ0n) is 14.6. The summed E-state index contributed by atoms with van der Waals surface area (Å²) in [5, 5.41) is 7.74. The molecule has 1 aliphatic carbocycles. The van der Waals surface area contributed by atoms with E-state index in [4.69, 9.17) is 4.42 Å². The van der Waals surface area contributed by atoms with Gasteiger partial charge in [-0.05, 0) is 36.8 Å². The molecule has 7 heteroatoms. The molecule has 5 rings (SSSR count). The van der Waals surface area contributed by atoms with Crippen LogP contribution in [0.1, 0.15) is 35.5 Å². The Labute approximate surface area is 154 Å². The van der Waals surface area contributed by atoms with Gasteiger partial charge in [0.1, 0.15) is 23.2 Å². The number of Topliss-reactive ketones (excluding diaryl/α,β-unsaturated/α-hetero) is 1. The Kier molecular flexibility index (Phi) is 3.50. The minimum Gasteiger partial charge on any atom is -0.469 e. The predicted octanol–water partition coefficient (Wildman–Crippen LogP) is 3.59. The van der Waals surface area contributed by atoms with Gasteiger partial charge in [-0.25, -0.2) is 9.07 Å². The fraction of sp³-hybridized carbons (Fsp3) is 0.250. The van der Waals surface area contributed by atoms with E-state index in [2.05, 4.69) is 15.4 Å². The largest absolute Gasteiger partial charge is 0.469 e. The van der Waals surface area contributed by atoms with Crippen LogP contribution in [0, 0.1) is 18.7 Å². The lowest BCUT2D eigenvalue weighted by molar-refractivity contribution is -0.123. The lowest BCUT2D eigenvalue weighted by atomic mass is 9.77. The maximum absolute atomic E-state index is 13.4. The highest BCUT2D eigenvalue weighted by Gasteiger charge is 2.43. The molecule has 2 aromatic heterocycles. The van der Waals surface area contributed by atoms with Gasteiger partial charge in [0.05, 0.1) is 18.2 Å². The Morgan fingerprint density at radius 1 is 1.26 bits per heavy atom. The second-order valence-corrected chi connectivity index (χ2v) is 6.94. The molecule has 0 unspecified atom stereocenters. The summed E-state index contributed by atoms with van der Waals surface area (Å²) in [7, 11) is 0. The molecule has 1 N–H and O–H groups in total. The number of aromatic nitrogens is 3. The summed E-state index contributed by atoms with van der Waals surface area (Å²) in [6.07, 6.45) is 4.00.